The molecule has 0 saturated carbocycles. The van der Waals surface area contributed by atoms with Gasteiger partial charge in [0.15, 0.2) is 0 Å². The van der Waals surface area contributed by atoms with E-state index in [0.29, 0.717) is 0 Å². The number of benzene rings is 7. The van der Waals surface area contributed by atoms with Crippen LogP contribution in [0.1, 0.15) is 157 Å². The zero-order valence-electron chi connectivity index (χ0n) is 46.1. The summed E-state index contributed by atoms with van der Waals surface area (Å²) in [6.45, 7) is 37.6. The van der Waals surface area contributed by atoms with Gasteiger partial charge in [0.2, 0.25) is 0 Å². The minimum atomic E-state index is -0.136. The molecule has 8 aromatic rings. The molecule has 0 bridgehead atoms. The largest absolute Gasteiger partial charge is 0.311 e. The van der Waals surface area contributed by atoms with Gasteiger partial charge >= 0.3 is 0 Å². The minimum absolute atomic E-state index is 0.0306. The molecule has 366 valence electrons. The molecule has 0 saturated heterocycles. The molecule has 4 nitrogen and oxygen atoms in total. The number of anilines is 6. The second kappa shape index (κ2) is 16.1. The normalized spacial score (nSPS) is 16.1. The van der Waals surface area contributed by atoms with Crippen LogP contribution < -0.4 is 26.2 Å². The molecule has 72 heavy (non-hydrogen) atoms. The van der Waals surface area contributed by atoms with Crippen LogP contribution in [-0.2, 0) is 32.5 Å². The number of imidazole rings is 1. The molecule has 0 unspecified atom stereocenters. The van der Waals surface area contributed by atoms with Crippen LogP contribution in [-0.4, -0.2) is 16.3 Å². The average molecular weight is 947 g/mol. The highest BCUT2D eigenvalue weighted by Gasteiger charge is 2.46. The number of aromatic nitrogens is 2. The summed E-state index contributed by atoms with van der Waals surface area (Å²) in [4.78, 5) is 10.9. The van der Waals surface area contributed by atoms with Crippen LogP contribution >= 0.6 is 0 Å². The van der Waals surface area contributed by atoms with Gasteiger partial charge in [-0.1, -0.05) is 184 Å². The fourth-order valence-electron chi connectivity index (χ4n) is 12.0. The number of rotatable bonds is 4. The van der Waals surface area contributed by atoms with E-state index in [1.165, 1.54) is 90.3 Å². The Bertz CT molecular complexity index is 3430. The van der Waals surface area contributed by atoms with E-state index in [-0.39, 0.29) is 39.2 Å². The SMILES string of the molecule is CC(C)(C)c1ccc(-c2nc3cc4c(cc3n2-c2ccccc2)B2c3cc(C(C)(C)C)ccc3N(c3ccc(C(C)(C)C)cc3)c3cc(C(C)(C)C)cc(c32)N4c2ccc3c(c2)C(C)(C)CCC3(C)C)cc1. The Hall–Kier alpha value is -6.33. The summed E-state index contributed by atoms with van der Waals surface area (Å²) in [6.07, 6.45) is 2.32. The summed E-state index contributed by atoms with van der Waals surface area (Å²) in [5.74, 6) is 0.945. The lowest BCUT2D eigenvalue weighted by atomic mass is 9.33. The van der Waals surface area contributed by atoms with E-state index in [4.69, 9.17) is 4.98 Å². The Balaban J connectivity index is 1.28. The molecule has 0 radical (unpaired) electrons. The Morgan fingerprint density at radius 2 is 0.944 bits per heavy atom. The molecular weight excluding hydrogens is 872 g/mol. The molecule has 1 aromatic heterocycles. The number of hydrogen-bond donors (Lipinski definition) is 0. The number of hydrogen-bond acceptors (Lipinski definition) is 3. The Morgan fingerprint density at radius 1 is 0.431 bits per heavy atom. The second-order valence-electron chi connectivity index (χ2n) is 26.9. The third kappa shape index (κ3) is 7.83. The van der Waals surface area contributed by atoms with Crippen molar-refractivity contribution in [3.05, 3.63) is 173 Å². The average Bonchev–Trinajstić information content (AvgIpc) is 3.69. The van der Waals surface area contributed by atoms with E-state index in [1.54, 1.807) is 0 Å². The van der Waals surface area contributed by atoms with Gasteiger partial charge in [0, 0.05) is 45.4 Å². The highest BCUT2D eigenvalue weighted by molar-refractivity contribution is 7.00. The molecule has 3 heterocycles. The fraction of sp³-hybridized carbons (Fsp3) is 0.358. The first-order valence-corrected chi connectivity index (χ1v) is 26.6. The molecule has 0 N–H and O–H groups in total. The molecular formula is C67H75BN4. The molecule has 1 aliphatic carbocycles. The third-order valence-electron chi connectivity index (χ3n) is 16.7. The fourth-order valence-corrected chi connectivity index (χ4v) is 12.0. The highest BCUT2D eigenvalue weighted by Crippen LogP contribution is 2.51. The van der Waals surface area contributed by atoms with E-state index >= 15 is 0 Å². The van der Waals surface area contributed by atoms with E-state index < -0.39 is 0 Å². The lowest BCUT2D eigenvalue weighted by molar-refractivity contribution is 0.332. The summed E-state index contributed by atoms with van der Waals surface area (Å²) in [6, 6.07) is 54.2. The monoisotopic (exact) mass is 947 g/mol. The summed E-state index contributed by atoms with van der Waals surface area (Å²) in [7, 11) is 0. The summed E-state index contributed by atoms with van der Waals surface area (Å²) in [5, 5.41) is 0. The van der Waals surface area contributed by atoms with Gasteiger partial charge in [-0.25, -0.2) is 4.98 Å². The molecule has 11 rings (SSSR count). The van der Waals surface area contributed by atoms with Crippen LogP contribution in [0.15, 0.2) is 140 Å². The predicted octanol–water partition coefficient (Wildman–Crippen LogP) is 16.3. The second-order valence-corrected chi connectivity index (χ2v) is 26.9. The number of para-hydroxylation sites is 1. The molecule has 0 atom stereocenters. The van der Waals surface area contributed by atoms with Crippen LogP contribution in [0.3, 0.4) is 0 Å². The van der Waals surface area contributed by atoms with Gasteiger partial charge in [0.05, 0.1) is 11.0 Å². The number of fused-ring (bicyclic) bond motifs is 6. The van der Waals surface area contributed by atoms with Gasteiger partial charge in [0.25, 0.3) is 6.71 Å². The predicted molar refractivity (Wildman–Crippen MR) is 311 cm³/mol. The lowest BCUT2D eigenvalue weighted by Crippen LogP contribution is -2.61. The maximum atomic E-state index is 5.69. The molecule has 7 aromatic carbocycles. The zero-order chi connectivity index (χ0) is 51.2. The maximum Gasteiger partial charge on any atom is 0.252 e. The van der Waals surface area contributed by atoms with Crippen LogP contribution in [0.4, 0.5) is 34.1 Å². The molecule has 3 aliphatic rings. The summed E-state index contributed by atoms with van der Waals surface area (Å²) >= 11 is 0. The van der Waals surface area contributed by atoms with E-state index in [9.17, 15) is 0 Å². The summed E-state index contributed by atoms with van der Waals surface area (Å²) < 4.78 is 2.41. The van der Waals surface area contributed by atoms with Crippen molar-refractivity contribution in [2.24, 2.45) is 0 Å². The summed E-state index contributed by atoms with van der Waals surface area (Å²) in [5.41, 5.74) is 23.7. The van der Waals surface area contributed by atoms with Crippen LogP contribution in [0.2, 0.25) is 0 Å². The van der Waals surface area contributed by atoms with Crippen LogP contribution in [0.5, 0.6) is 0 Å². The Labute approximate surface area is 431 Å². The van der Waals surface area contributed by atoms with Crippen molar-refractivity contribution in [3.8, 4) is 17.1 Å². The van der Waals surface area contributed by atoms with Gasteiger partial charge < -0.3 is 9.80 Å². The lowest BCUT2D eigenvalue weighted by Gasteiger charge is -2.46. The van der Waals surface area contributed by atoms with Crippen LogP contribution in [0.25, 0.3) is 28.1 Å². The highest BCUT2D eigenvalue weighted by atomic mass is 15.2. The van der Waals surface area contributed by atoms with Crippen molar-refractivity contribution < 1.29 is 0 Å². The third-order valence-corrected chi connectivity index (χ3v) is 16.7. The van der Waals surface area contributed by atoms with Crippen molar-refractivity contribution in [3.63, 3.8) is 0 Å². The topological polar surface area (TPSA) is 24.3 Å². The first-order valence-electron chi connectivity index (χ1n) is 26.6. The van der Waals surface area contributed by atoms with Gasteiger partial charge in [-0.05, 0) is 162 Å². The first kappa shape index (κ1) is 48.0. The van der Waals surface area contributed by atoms with Crippen LogP contribution in [0, 0.1) is 0 Å². The first-order chi connectivity index (χ1) is 33.7. The van der Waals surface area contributed by atoms with Crippen molar-refractivity contribution >= 4 is 68.3 Å². The molecule has 2 aliphatic heterocycles. The smallest absolute Gasteiger partial charge is 0.252 e. The standard InChI is InChI=1S/C67H75BN4/c1-62(2,3)43-24-22-42(23-25-43)61-69-54-41-56-53(40-57(54)72(61)47-20-18-17-19-21-47)68-52-36-45(64(7,8)9)28-33-55(52)70(48-29-26-44(27-30-48)63(4,5)6)58-37-46(65(10,11)12)38-59(60(58)68)71(56)49-31-32-50-51(39-49)67(15,16)35-34-66(50,13)14/h17-33,36-41H,34-35H2,1-16H3. The minimum Gasteiger partial charge on any atom is -0.311 e. The molecule has 0 fully saturated rings. The number of nitrogens with zero attached hydrogens (tertiary/aromatic N) is 4. The van der Waals surface area contributed by atoms with Gasteiger partial charge in [-0.2, -0.15) is 0 Å². The van der Waals surface area contributed by atoms with Crippen molar-refractivity contribution in [2.45, 2.75) is 156 Å². The van der Waals surface area contributed by atoms with Crippen molar-refractivity contribution in [1.82, 2.24) is 9.55 Å². The molecule has 5 heteroatoms. The van der Waals surface area contributed by atoms with E-state index in [1.807, 2.05) is 0 Å². The molecule has 0 amide bonds. The van der Waals surface area contributed by atoms with E-state index in [0.717, 1.165) is 34.5 Å². The Morgan fingerprint density at radius 3 is 1.53 bits per heavy atom. The van der Waals surface area contributed by atoms with Gasteiger partial charge in [0.1, 0.15) is 5.82 Å². The van der Waals surface area contributed by atoms with Crippen molar-refractivity contribution in [2.75, 3.05) is 9.80 Å². The Kier molecular flexibility index (Phi) is 10.7. The van der Waals surface area contributed by atoms with Crippen molar-refractivity contribution in [1.29, 1.82) is 0 Å². The van der Waals surface area contributed by atoms with Gasteiger partial charge in [-0.15, -0.1) is 0 Å². The maximum absolute atomic E-state index is 5.69. The molecule has 0 spiro atoms. The quantitative estimate of drug-likeness (QED) is 0.164. The van der Waals surface area contributed by atoms with E-state index in [2.05, 4.69) is 265 Å². The zero-order valence-corrected chi connectivity index (χ0v) is 46.1. The van der Waals surface area contributed by atoms with Gasteiger partial charge in [-0.3, -0.25) is 4.57 Å².